The van der Waals surface area contributed by atoms with Crippen LogP contribution in [0.4, 0.5) is 4.39 Å². The number of unbranched alkanes of at least 4 members (excludes halogenated alkanes) is 1. The molecular weight excluding hydrogens is 295 g/mol. The lowest BCUT2D eigenvalue weighted by Gasteiger charge is -2.30. The standard InChI is InChI=1S/C23H33F/c1-3-5-7-17-8-11-19(12-9-17)21-15-13-20-16-18(6-4-2)10-14-22(20)23(21)24/h13,15-17,19H,3-12,14H2,1-2H3. The normalized spacial score (nSPS) is 23.7. The molecule has 1 aromatic carbocycles. The summed E-state index contributed by atoms with van der Waals surface area (Å²) in [5.41, 5.74) is 4.63. The van der Waals surface area contributed by atoms with Crippen molar-refractivity contribution in [2.45, 2.75) is 90.4 Å². The van der Waals surface area contributed by atoms with Crippen molar-refractivity contribution in [2.24, 2.45) is 5.92 Å². The highest BCUT2D eigenvalue weighted by Gasteiger charge is 2.26. The summed E-state index contributed by atoms with van der Waals surface area (Å²) in [5.74, 6) is 1.46. The van der Waals surface area contributed by atoms with E-state index >= 15 is 4.39 Å². The third-order valence-electron chi connectivity index (χ3n) is 6.19. The third kappa shape index (κ3) is 3.92. The van der Waals surface area contributed by atoms with Crippen LogP contribution in [0.25, 0.3) is 6.08 Å². The van der Waals surface area contributed by atoms with Crippen LogP contribution in [0.5, 0.6) is 0 Å². The van der Waals surface area contributed by atoms with Gasteiger partial charge in [0.2, 0.25) is 0 Å². The molecular formula is C23H33F. The number of hydrogen-bond donors (Lipinski definition) is 0. The minimum absolute atomic E-state index is 0.122. The largest absolute Gasteiger partial charge is 0.206 e. The van der Waals surface area contributed by atoms with Crippen molar-refractivity contribution in [3.05, 3.63) is 40.2 Å². The van der Waals surface area contributed by atoms with E-state index < -0.39 is 0 Å². The molecule has 0 nitrogen and oxygen atoms in total. The zero-order valence-corrected chi connectivity index (χ0v) is 15.5. The molecule has 0 aliphatic heterocycles. The Morgan fingerprint density at radius 1 is 1.00 bits per heavy atom. The van der Waals surface area contributed by atoms with Gasteiger partial charge < -0.3 is 0 Å². The Kier molecular flexibility index (Phi) is 6.14. The van der Waals surface area contributed by atoms with E-state index in [2.05, 4.69) is 32.1 Å². The number of halogens is 1. The lowest BCUT2D eigenvalue weighted by Crippen LogP contribution is -2.15. The highest BCUT2D eigenvalue weighted by molar-refractivity contribution is 5.61. The first-order valence-electron chi connectivity index (χ1n) is 10.2. The molecule has 1 fully saturated rings. The maximum atomic E-state index is 15.1. The van der Waals surface area contributed by atoms with Crippen LogP contribution in [0.2, 0.25) is 0 Å². The Labute approximate surface area is 147 Å². The quantitative estimate of drug-likeness (QED) is 0.509. The predicted octanol–water partition coefficient (Wildman–Crippen LogP) is 7.42. The molecule has 0 radical (unpaired) electrons. The number of fused-ring (bicyclic) bond motifs is 1. The minimum atomic E-state index is 0.122. The molecule has 0 unspecified atom stereocenters. The van der Waals surface area contributed by atoms with Crippen molar-refractivity contribution < 1.29 is 4.39 Å². The molecule has 0 bridgehead atoms. The van der Waals surface area contributed by atoms with Crippen molar-refractivity contribution >= 4 is 6.08 Å². The molecule has 1 aromatic rings. The average Bonchev–Trinajstić information content (AvgIpc) is 2.61. The first kappa shape index (κ1) is 17.7. The first-order valence-corrected chi connectivity index (χ1v) is 10.2. The molecule has 1 heteroatoms. The lowest BCUT2D eigenvalue weighted by molar-refractivity contribution is 0.300. The summed E-state index contributed by atoms with van der Waals surface area (Å²) in [7, 11) is 0. The van der Waals surface area contributed by atoms with Gasteiger partial charge in [0.05, 0.1) is 0 Å². The number of benzene rings is 1. The summed E-state index contributed by atoms with van der Waals surface area (Å²) >= 11 is 0. The highest BCUT2D eigenvalue weighted by atomic mass is 19.1. The molecule has 2 aliphatic carbocycles. The molecule has 132 valence electrons. The average molecular weight is 329 g/mol. The van der Waals surface area contributed by atoms with E-state index in [9.17, 15) is 0 Å². The second-order valence-electron chi connectivity index (χ2n) is 7.95. The second kappa shape index (κ2) is 8.32. The fourth-order valence-corrected chi connectivity index (χ4v) is 4.71. The molecule has 2 aliphatic rings. The van der Waals surface area contributed by atoms with Gasteiger partial charge >= 0.3 is 0 Å². The monoisotopic (exact) mass is 328 g/mol. The van der Waals surface area contributed by atoms with Crippen molar-refractivity contribution in [1.82, 2.24) is 0 Å². The number of allylic oxidation sites excluding steroid dienone is 1. The Morgan fingerprint density at radius 2 is 1.79 bits per heavy atom. The fraction of sp³-hybridized carbons (Fsp3) is 0.652. The van der Waals surface area contributed by atoms with E-state index in [0.717, 1.165) is 41.9 Å². The summed E-state index contributed by atoms with van der Waals surface area (Å²) < 4.78 is 15.1. The summed E-state index contributed by atoms with van der Waals surface area (Å²) in [6, 6.07) is 4.28. The Morgan fingerprint density at radius 3 is 2.50 bits per heavy atom. The molecule has 0 heterocycles. The van der Waals surface area contributed by atoms with Gasteiger partial charge in [0.15, 0.2) is 0 Å². The van der Waals surface area contributed by atoms with Crippen LogP contribution >= 0.6 is 0 Å². The summed E-state index contributed by atoms with van der Waals surface area (Å²) in [6.45, 7) is 4.49. The molecule has 24 heavy (non-hydrogen) atoms. The van der Waals surface area contributed by atoms with E-state index in [1.807, 2.05) is 0 Å². The van der Waals surface area contributed by atoms with E-state index in [1.165, 1.54) is 56.9 Å². The van der Waals surface area contributed by atoms with Crippen LogP contribution < -0.4 is 0 Å². The van der Waals surface area contributed by atoms with Crippen LogP contribution in [0.3, 0.4) is 0 Å². The van der Waals surface area contributed by atoms with Crippen LogP contribution in [0.15, 0.2) is 17.7 Å². The fourth-order valence-electron chi connectivity index (χ4n) is 4.71. The van der Waals surface area contributed by atoms with Crippen molar-refractivity contribution in [1.29, 1.82) is 0 Å². The van der Waals surface area contributed by atoms with Gasteiger partial charge in [-0.15, -0.1) is 0 Å². The van der Waals surface area contributed by atoms with Crippen molar-refractivity contribution in [3.8, 4) is 0 Å². The van der Waals surface area contributed by atoms with Crippen molar-refractivity contribution in [2.75, 3.05) is 0 Å². The number of hydrogen-bond acceptors (Lipinski definition) is 0. The Bertz CT molecular complexity index is 576. The zero-order valence-electron chi connectivity index (χ0n) is 15.5. The minimum Gasteiger partial charge on any atom is -0.206 e. The van der Waals surface area contributed by atoms with Gasteiger partial charge in [-0.05, 0) is 73.5 Å². The van der Waals surface area contributed by atoms with Crippen LogP contribution in [-0.4, -0.2) is 0 Å². The van der Waals surface area contributed by atoms with E-state index in [0.29, 0.717) is 5.92 Å². The lowest BCUT2D eigenvalue weighted by atomic mass is 9.76. The van der Waals surface area contributed by atoms with Crippen LogP contribution in [0.1, 0.15) is 101 Å². The molecule has 0 spiro atoms. The molecule has 3 rings (SSSR count). The van der Waals surface area contributed by atoms with Crippen LogP contribution in [-0.2, 0) is 6.42 Å². The molecule has 1 saturated carbocycles. The van der Waals surface area contributed by atoms with Gasteiger partial charge in [0.25, 0.3) is 0 Å². The molecule has 0 saturated heterocycles. The van der Waals surface area contributed by atoms with Gasteiger partial charge in [-0.2, -0.15) is 0 Å². The van der Waals surface area contributed by atoms with Gasteiger partial charge in [0, 0.05) is 0 Å². The Hall–Kier alpha value is -1.11. The Balaban J connectivity index is 1.70. The highest BCUT2D eigenvalue weighted by Crippen LogP contribution is 2.40. The van der Waals surface area contributed by atoms with Gasteiger partial charge in [0.1, 0.15) is 5.82 Å². The maximum Gasteiger partial charge on any atom is 0.130 e. The summed E-state index contributed by atoms with van der Waals surface area (Å²) in [5, 5.41) is 0. The topological polar surface area (TPSA) is 0 Å². The van der Waals surface area contributed by atoms with Crippen molar-refractivity contribution in [3.63, 3.8) is 0 Å². The predicted molar refractivity (Wildman–Crippen MR) is 102 cm³/mol. The van der Waals surface area contributed by atoms with Gasteiger partial charge in [-0.1, -0.05) is 63.3 Å². The van der Waals surface area contributed by atoms with E-state index in [-0.39, 0.29) is 5.82 Å². The summed E-state index contributed by atoms with van der Waals surface area (Å²) in [4.78, 5) is 0. The zero-order chi connectivity index (χ0) is 16.9. The third-order valence-corrected chi connectivity index (χ3v) is 6.19. The molecule has 0 aromatic heterocycles. The molecule has 0 atom stereocenters. The second-order valence-corrected chi connectivity index (χ2v) is 7.95. The molecule has 0 amide bonds. The molecule has 0 N–H and O–H groups in total. The summed E-state index contributed by atoms with van der Waals surface area (Å²) in [6.07, 6.45) is 15.5. The van der Waals surface area contributed by atoms with E-state index in [4.69, 9.17) is 0 Å². The smallest absolute Gasteiger partial charge is 0.130 e. The SMILES string of the molecule is CCCCC1CCC(c2ccc3c(c2F)CCC(CCC)=C3)CC1. The van der Waals surface area contributed by atoms with Gasteiger partial charge in [-0.3, -0.25) is 0 Å². The number of rotatable bonds is 6. The maximum absolute atomic E-state index is 15.1. The van der Waals surface area contributed by atoms with Crippen LogP contribution in [0, 0.1) is 11.7 Å². The van der Waals surface area contributed by atoms with E-state index in [1.54, 1.807) is 0 Å². The first-order chi connectivity index (χ1) is 11.7. The van der Waals surface area contributed by atoms with Gasteiger partial charge in [-0.25, -0.2) is 4.39 Å².